The Morgan fingerprint density at radius 2 is 2.10 bits per heavy atom. The molecule has 2 N–H and O–H groups in total. The Bertz CT molecular complexity index is 520. The first-order valence-corrected chi connectivity index (χ1v) is 7.84. The van der Waals surface area contributed by atoms with Crippen molar-refractivity contribution < 1.29 is 9.53 Å². The molecule has 4 nitrogen and oxygen atoms in total. The first kappa shape index (κ1) is 15.2. The number of nitrogens with zero attached hydrogens (tertiary/aromatic N) is 1. The van der Waals surface area contributed by atoms with Crippen molar-refractivity contribution >= 4 is 27.8 Å². The van der Waals surface area contributed by atoms with E-state index in [1.54, 1.807) is 7.11 Å². The maximum Gasteiger partial charge on any atom is 0.177 e. The minimum absolute atomic E-state index is 0.0523. The molecular formula is C15H24N2O2S. The van der Waals surface area contributed by atoms with Crippen LogP contribution in [0.3, 0.4) is 0 Å². The van der Waals surface area contributed by atoms with E-state index in [0.717, 1.165) is 24.5 Å². The number of ether oxygens (including phenoxy) is 1. The van der Waals surface area contributed by atoms with Crippen LogP contribution in [-0.2, 0) is 0 Å². The van der Waals surface area contributed by atoms with Crippen LogP contribution in [0.15, 0.2) is 0 Å². The van der Waals surface area contributed by atoms with Crippen LogP contribution < -0.4 is 15.4 Å². The zero-order valence-corrected chi connectivity index (χ0v) is 13.8. The summed E-state index contributed by atoms with van der Waals surface area (Å²) in [4.78, 5) is 15.2. The average Bonchev–Trinajstić information content (AvgIpc) is 2.88. The summed E-state index contributed by atoms with van der Waals surface area (Å²) < 4.78 is 5.46. The molecule has 5 heteroatoms. The quantitative estimate of drug-likeness (QED) is 0.865. The van der Waals surface area contributed by atoms with Gasteiger partial charge in [0.25, 0.3) is 0 Å². The van der Waals surface area contributed by atoms with E-state index < -0.39 is 0 Å². The van der Waals surface area contributed by atoms with Crippen LogP contribution in [0.5, 0.6) is 5.75 Å². The molecule has 1 fully saturated rings. The molecule has 0 radical (unpaired) electrons. The van der Waals surface area contributed by atoms with Crippen molar-refractivity contribution in [3.8, 4) is 5.75 Å². The molecule has 2 rings (SSSR count). The van der Waals surface area contributed by atoms with Crippen molar-refractivity contribution in [2.24, 2.45) is 11.3 Å². The number of nitrogens with two attached hydrogens (primary N) is 1. The number of methoxy groups -OCH3 is 1. The predicted octanol–water partition coefficient (Wildman–Crippen LogP) is 3.41. The van der Waals surface area contributed by atoms with Crippen LogP contribution in [-0.4, -0.2) is 26.0 Å². The summed E-state index contributed by atoms with van der Waals surface area (Å²) in [6.45, 7) is 10.3. The zero-order chi connectivity index (χ0) is 15.1. The third kappa shape index (κ3) is 2.64. The average molecular weight is 296 g/mol. The molecule has 0 saturated carbocycles. The van der Waals surface area contributed by atoms with Crippen LogP contribution in [0.4, 0.5) is 10.7 Å². The van der Waals surface area contributed by atoms with Gasteiger partial charge >= 0.3 is 0 Å². The van der Waals surface area contributed by atoms with Crippen molar-refractivity contribution in [3.05, 3.63) is 4.88 Å². The fourth-order valence-electron chi connectivity index (χ4n) is 2.55. The summed E-state index contributed by atoms with van der Waals surface area (Å²) in [6.07, 6.45) is 1.14. The standard InChI is InChI=1S/C15H24N2O2S/c1-9(2)11(18)13-10(16)12(19-5)14(20-13)17-7-6-15(3,4)8-17/h9H,6-8,16H2,1-5H3. The van der Waals surface area contributed by atoms with Gasteiger partial charge < -0.3 is 15.4 Å². The molecule has 1 saturated heterocycles. The summed E-state index contributed by atoms with van der Waals surface area (Å²) in [5, 5.41) is 1.000. The van der Waals surface area contributed by atoms with Crippen molar-refractivity contribution in [1.82, 2.24) is 0 Å². The molecule has 0 aromatic carbocycles. The molecule has 1 aromatic rings. The molecule has 0 spiro atoms. The number of rotatable bonds is 4. The number of hydrogen-bond donors (Lipinski definition) is 1. The van der Waals surface area contributed by atoms with Crippen LogP contribution in [0.1, 0.15) is 43.8 Å². The van der Waals surface area contributed by atoms with Gasteiger partial charge in [-0.2, -0.15) is 0 Å². The molecular weight excluding hydrogens is 272 g/mol. The number of ketones is 1. The summed E-state index contributed by atoms with van der Waals surface area (Å²) in [6, 6.07) is 0. The Hall–Kier alpha value is -1.23. The van der Waals surface area contributed by atoms with Gasteiger partial charge in [-0.15, -0.1) is 11.3 Å². The molecule has 1 aliphatic heterocycles. The number of hydrogen-bond acceptors (Lipinski definition) is 5. The van der Waals surface area contributed by atoms with Crippen molar-refractivity contribution in [2.45, 2.75) is 34.1 Å². The van der Waals surface area contributed by atoms with Gasteiger partial charge in [0.15, 0.2) is 11.5 Å². The van der Waals surface area contributed by atoms with E-state index in [0.29, 0.717) is 21.7 Å². The Morgan fingerprint density at radius 3 is 2.55 bits per heavy atom. The van der Waals surface area contributed by atoms with Crippen LogP contribution in [0.2, 0.25) is 0 Å². The lowest BCUT2D eigenvalue weighted by molar-refractivity contribution is 0.0944. The van der Waals surface area contributed by atoms with Crippen molar-refractivity contribution in [2.75, 3.05) is 30.8 Å². The predicted molar refractivity (Wildman–Crippen MR) is 85.1 cm³/mol. The maximum atomic E-state index is 12.2. The molecule has 0 unspecified atom stereocenters. The number of carbonyl (C=O) groups is 1. The molecule has 20 heavy (non-hydrogen) atoms. The summed E-state index contributed by atoms with van der Waals surface area (Å²) in [7, 11) is 1.62. The van der Waals surface area contributed by atoms with Gasteiger partial charge in [0, 0.05) is 19.0 Å². The highest BCUT2D eigenvalue weighted by Crippen LogP contribution is 2.48. The summed E-state index contributed by atoms with van der Waals surface area (Å²) >= 11 is 1.47. The lowest BCUT2D eigenvalue weighted by atomic mass is 9.93. The molecule has 0 aliphatic carbocycles. The number of nitrogen functional groups attached to an aromatic ring is 1. The second-order valence-corrected chi connectivity index (χ2v) is 7.54. The molecule has 112 valence electrons. The van der Waals surface area contributed by atoms with Gasteiger partial charge in [0.2, 0.25) is 0 Å². The first-order valence-electron chi connectivity index (χ1n) is 7.02. The van der Waals surface area contributed by atoms with Crippen molar-refractivity contribution in [1.29, 1.82) is 0 Å². The summed E-state index contributed by atoms with van der Waals surface area (Å²) in [5.74, 6) is 0.704. The zero-order valence-electron chi connectivity index (χ0n) is 12.9. The third-order valence-corrected chi connectivity index (χ3v) is 5.06. The van der Waals surface area contributed by atoms with Gasteiger partial charge in [-0.3, -0.25) is 4.79 Å². The second-order valence-electron chi connectivity index (χ2n) is 6.54. The minimum Gasteiger partial charge on any atom is -0.492 e. The highest BCUT2D eigenvalue weighted by atomic mass is 32.1. The molecule has 1 aliphatic rings. The molecule has 0 atom stereocenters. The highest BCUT2D eigenvalue weighted by molar-refractivity contribution is 7.19. The first-order chi connectivity index (χ1) is 9.26. The molecule has 0 bridgehead atoms. The van der Waals surface area contributed by atoms with Gasteiger partial charge in [-0.1, -0.05) is 27.7 Å². The summed E-state index contributed by atoms with van der Waals surface area (Å²) in [5.41, 5.74) is 6.92. The smallest absolute Gasteiger partial charge is 0.177 e. The van der Waals surface area contributed by atoms with Gasteiger partial charge in [-0.05, 0) is 11.8 Å². The maximum absolute atomic E-state index is 12.2. The molecule has 1 aromatic heterocycles. The van der Waals surface area contributed by atoms with Crippen molar-refractivity contribution in [3.63, 3.8) is 0 Å². The van der Waals surface area contributed by atoms with Gasteiger partial charge in [-0.25, -0.2) is 0 Å². The number of carbonyl (C=O) groups excluding carboxylic acids is 1. The van der Waals surface area contributed by atoms with Crippen LogP contribution >= 0.6 is 11.3 Å². The normalized spacial score (nSPS) is 17.8. The number of thiophene rings is 1. The number of anilines is 2. The van der Waals surface area contributed by atoms with Crippen LogP contribution in [0, 0.1) is 11.3 Å². The van der Waals surface area contributed by atoms with E-state index >= 15 is 0 Å². The fourth-order valence-corrected chi connectivity index (χ4v) is 3.86. The number of Topliss-reactive ketones (excluding diaryl/α,β-unsaturated/α-hetero) is 1. The van der Waals surface area contributed by atoms with E-state index in [4.69, 9.17) is 10.5 Å². The van der Waals surface area contributed by atoms with E-state index in [2.05, 4.69) is 18.7 Å². The van der Waals surface area contributed by atoms with Gasteiger partial charge in [0.1, 0.15) is 5.00 Å². The monoisotopic (exact) mass is 296 g/mol. The molecule has 0 amide bonds. The van der Waals surface area contributed by atoms with Crippen LogP contribution in [0.25, 0.3) is 0 Å². The lowest BCUT2D eigenvalue weighted by Gasteiger charge is -2.20. The Kier molecular flexibility index (Phi) is 4.00. The Labute approximate surface area is 124 Å². The lowest BCUT2D eigenvalue weighted by Crippen LogP contribution is -2.22. The SMILES string of the molecule is COc1c(N2CCC(C)(C)C2)sc(C(=O)C(C)C)c1N. The van der Waals surface area contributed by atoms with E-state index in [1.807, 2.05) is 13.8 Å². The Balaban J connectivity index is 2.39. The second kappa shape index (κ2) is 5.28. The minimum atomic E-state index is -0.0523. The third-order valence-electron chi connectivity index (χ3n) is 3.80. The van der Waals surface area contributed by atoms with E-state index in [9.17, 15) is 4.79 Å². The Morgan fingerprint density at radius 1 is 1.45 bits per heavy atom. The fraction of sp³-hybridized carbons (Fsp3) is 0.667. The van der Waals surface area contributed by atoms with E-state index in [-0.39, 0.29) is 11.7 Å². The largest absolute Gasteiger partial charge is 0.492 e. The highest BCUT2D eigenvalue weighted by Gasteiger charge is 2.34. The van der Waals surface area contributed by atoms with E-state index in [1.165, 1.54) is 11.3 Å². The van der Waals surface area contributed by atoms with Gasteiger partial charge in [0.05, 0.1) is 17.7 Å². The topological polar surface area (TPSA) is 55.6 Å². The molecule has 2 heterocycles.